The third kappa shape index (κ3) is 6.18. The summed E-state index contributed by atoms with van der Waals surface area (Å²) in [6, 6.07) is 15.9. The highest BCUT2D eigenvalue weighted by Gasteiger charge is 2.18. The number of pyridine rings is 1. The van der Waals surface area contributed by atoms with E-state index < -0.39 is 5.97 Å². The van der Waals surface area contributed by atoms with E-state index in [0.29, 0.717) is 41.7 Å². The van der Waals surface area contributed by atoms with Gasteiger partial charge in [-0.15, -0.1) is 0 Å². The first-order valence-corrected chi connectivity index (χ1v) is 11.7. The first-order valence-electron chi connectivity index (χ1n) is 10.5. The molecule has 1 atom stereocenters. The minimum atomic E-state index is -0.975. The van der Waals surface area contributed by atoms with Gasteiger partial charge in [0.1, 0.15) is 5.02 Å². The summed E-state index contributed by atoms with van der Waals surface area (Å²) in [6.45, 7) is 3.11. The van der Waals surface area contributed by atoms with E-state index in [1.807, 2.05) is 31.3 Å². The van der Waals surface area contributed by atoms with Gasteiger partial charge in [0, 0.05) is 36.3 Å². The highest BCUT2D eigenvalue weighted by molar-refractivity contribution is 6.34. The zero-order chi connectivity index (χ0) is 24.1. The largest absolute Gasteiger partial charge is 0.478 e. The zero-order valence-corrected chi connectivity index (χ0v) is 20.7. The van der Waals surface area contributed by atoms with Crippen molar-refractivity contribution in [3.8, 4) is 0 Å². The summed E-state index contributed by atoms with van der Waals surface area (Å²) >= 11 is 19.0. The number of aromatic carboxylic acids is 1. The summed E-state index contributed by atoms with van der Waals surface area (Å²) < 4.78 is 1.61. The predicted octanol–water partition coefficient (Wildman–Crippen LogP) is 5.98. The number of carboxylic acid groups (broad SMARTS) is 1. The third-order valence-electron chi connectivity index (χ3n) is 5.85. The second kappa shape index (κ2) is 11.2. The van der Waals surface area contributed by atoms with E-state index in [4.69, 9.17) is 39.9 Å². The second-order valence-corrected chi connectivity index (χ2v) is 9.15. The number of halogens is 3. The van der Waals surface area contributed by atoms with Crippen molar-refractivity contribution < 1.29 is 9.90 Å². The van der Waals surface area contributed by atoms with Crippen molar-refractivity contribution in [2.45, 2.75) is 32.4 Å². The summed E-state index contributed by atoms with van der Waals surface area (Å²) in [5.74, 6) is -0.975. The molecule has 174 valence electrons. The maximum Gasteiger partial charge on any atom is 0.335 e. The Morgan fingerprint density at radius 1 is 1.00 bits per heavy atom. The van der Waals surface area contributed by atoms with Crippen LogP contribution in [0.1, 0.15) is 40.1 Å². The topological polar surface area (TPSA) is 62.5 Å². The third-order valence-corrected chi connectivity index (χ3v) is 6.79. The van der Waals surface area contributed by atoms with Gasteiger partial charge in [-0.2, -0.15) is 0 Å². The number of benzene rings is 2. The summed E-state index contributed by atoms with van der Waals surface area (Å²) in [4.78, 5) is 26.0. The Bertz CT molecular complexity index is 1190. The van der Waals surface area contributed by atoms with E-state index >= 15 is 0 Å². The van der Waals surface area contributed by atoms with Crippen LogP contribution in [0.5, 0.6) is 0 Å². The Hall–Kier alpha value is -2.31. The fourth-order valence-corrected chi connectivity index (χ4v) is 4.58. The van der Waals surface area contributed by atoms with E-state index in [9.17, 15) is 9.59 Å². The van der Waals surface area contributed by atoms with Crippen LogP contribution in [-0.2, 0) is 19.4 Å². The molecular formula is C25H25Cl3N2O3. The average Bonchev–Trinajstić information content (AvgIpc) is 2.79. The molecule has 1 N–H and O–H groups in total. The highest BCUT2D eigenvalue weighted by Crippen LogP contribution is 2.27. The Morgan fingerprint density at radius 2 is 1.67 bits per heavy atom. The molecule has 8 heteroatoms. The van der Waals surface area contributed by atoms with Crippen LogP contribution in [0.25, 0.3) is 0 Å². The molecule has 0 radical (unpaired) electrons. The van der Waals surface area contributed by atoms with Gasteiger partial charge in [-0.3, -0.25) is 9.69 Å². The lowest BCUT2D eigenvalue weighted by Crippen LogP contribution is -2.30. The molecule has 3 aromatic rings. The van der Waals surface area contributed by atoms with Crippen molar-refractivity contribution >= 4 is 40.8 Å². The number of nitrogens with zero attached hydrogens (tertiary/aromatic N) is 2. The summed E-state index contributed by atoms with van der Waals surface area (Å²) in [5, 5.41) is 10.3. The van der Waals surface area contributed by atoms with Gasteiger partial charge in [0.2, 0.25) is 0 Å². The minimum absolute atomic E-state index is 0.0720. The molecule has 3 rings (SSSR count). The monoisotopic (exact) mass is 506 g/mol. The van der Waals surface area contributed by atoms with Crippen LogP contribution in [0.3, 0.4) is 0 Å². The Morgan fingerprint density at radius 3 is 2.30 bits per heavy atom. The standard InChI is InChI=1S/C25H25Cl3N2O3/c1-16(19-5-3-4-6-20(19)26)29(2)13-12-23-21(27)15-22(28)24(31)30(23)14-11-17-7-9-18(10-8-17)25(32)33/h3-10,15-16H,11-14H2,1-2H3,(H,32,33). The molecule has 0 spiro atoms. The zero-order valence-electron chi connectivity index (χ0n) is 18.4. The molecule has 0 saturated heterocycles. The SMILES string of the molecule is CC(c1ccccc1Cl)N(C)CCc1c(Cl)cc(Cl)c(=O)n1CCc1ccc(C(=O)O)cc1. The summed E-state index contributed by atoms with van der Waals surface area (Å²) in [6.07, 6.45) is 1.09. The molecule has 0 amide bonds. The van der Waals surface area contributed by atoms with Crippen molar-refractivity contribution in [3.63, 3.8) is 0 Å². The second-order valence-electron chi connectivity index (χ2n) is 7.92. The molecule has 33 heavy (non-hydrogen) atoms. The molecule has 0 fully saturated rings. The highest BCUT2D eigenvalue weighted by atomic mass is 35.5. The van der Waals surface area contributed by atoms with Crippen molar-refractivity contribution in [1.82, 2.24) is 9.47 Å². The number of rotatable bonds is 9. The fourth-order valence-electron chi connectivity index (χ4n) is 3.71. The molecule has 1 heterocycles. The molecule has 1 aromatic heterocycles. The Kier molecular flexibility index (Phi) is 8.60. The summed E-state index contributed by atoms with van der Waals surface area (Å²) in [7, 11) is 2.00. The number of aryl methyl sites for hydroxylation is 1. The number of aromatic nitrogens is 1. The van der Waals surface area contributed by atoms with Gasteiger partial charge in [-0.25, -0.2) is 4.79 Å². The van der Waals surface area contributed by atoms with Gasteiger partial charge >= 0.3 is 5.97 Å². The van der Waals surface area contributed by atoms with E-state index in [2.05, 4.69) is 11.8 Å². The van der Waals surface area contributed by atoms with Crippen molar-refractivity contribution in [2.75, 3.05) is 13.6 Å². The van der Waals surface area contributed by atoms with E-state index in [1.54, 1.807) is 28.8 Å². The number of hydrogen-bond donors (Lipinski definition) is 1. The Labute approximate surface area is 208 Å². The van der Waals surface area contributed by atoms with Gasteiger partial charge < -0.3 is 9.67 Å². The van der Waals surface area contributed by atoms with Crippen LogP contribution in [0, 0.1) is 0 Å². The number of carbonyl (C=O) groups is 1. The lowest BCUT2D eigenvalue weighted by atomic mass is 10.1. The molecule has 1 unspecified atom stereocenters. The quantitative estimate of drug-likeness (QED) is 0.387. The van der Waals surface area contributed by atoms with Gasteiger partial charge in [-0.1, -0.05) is 65.1 Å². The summed E-state index contributed by atoms with van der Waals surface area (Å²) in [5.41, 5.74) is 2.59. The lowest BCUT2D eigenvalue weighted by Gasteiger charge is -2.26. The molecule has 0 bridgehead atoms. The fraction of sp³-hybridized carbons (Fsp3) is 0.280. The first-order chi connectivity index (χ1) is 15.7. The van der Waals surface area contributed by atoms with Crippen LogP contribution in [0.4, 0.5) is 0 Å². The van der Waals surface area contributed by atoms with Crippen LogP contribution in [0.15, 0.2) is 59.4 Å². The van der Waals surface area contributed by atoms with Gasteiger partial charge in [-0.05, 0) is 55.8 Å². The molecule has 0 aliphatic rings. The maximum atomic E-state index is 12.8. The molecule has 0 aliphatic carbocycles. The Balaban J connectivity index is 1.77. The number of hydrogen-bond acceptors (Lipinski definition) is 3. The van der Waals surface area contributed by atoms with Crippen LogP contribution < -0.4 is 5.56 Å². The van der Waals surface area contributed by atoms with E-state index in [0.717, 1.165) is 11.1 Å². The van der Waals surface area contributed by atoms with E-state index in [1.165, 1.54) is 6.07 Å². The normalized spacial score (nSPS) is 12.2. The first kappa shape index (κ1) is 25.3. The number of likely N-dealkylation sites (N-methyl/N-ethyl adjacent to an activating group) is 1. The number of carboxylic acids is 1. The van der Waals surface area contributed by atoms with Crippen molar-refractivity contribution in [3.05, 3.63) is 102 Å². The molecule has 2 aromatic carbocycles. The average molecular weight is 508 g/mol. The van der Waals surface area contributed by atoms with Crippen molar-refractivity contribution in [2.24, 2.45) is 0 Å². The predicted molar refractivity (Wildman–Crippen MR) is 134 cm³/mol. The molecular weight excluding hydrogens is 483 g/mol. The molecule has 0 saturated carbocycles. The lowest BCUT2D eigenvalue weighted by molar-refractivity contribution is 0.0697. The molecule has 5 nitrogen and oxygen atoms in total. The molecule has 0 aliphatic heterocycles. The van der Waals surface area contributed by atoms with E-state index in [-0.39, 0.29) is 22.2 Å². The van der Waals surface area contributed by atoms with Gasteiger partial charge in [0.25, 0.3) is 5.56 Å². The van der Waals surface area contributed by atoms with Crippen molar-refractivity contribution in [1.29, 1.82) is 0 Å². The minimum Gasteiger partial charge on any atom is -0.478 e. The maximum absolute atomic E-state index is 12.8. The van der Waals surface area contributed by atoms with Crippen LogP contribution in [-0.4, -0.2) is 34.1 Å². The van der Waals surface area contributed by atoms with Gasteiger partial charge in [0.05, 0.1) is 10.6 Å². The van der Waals surface area contributed by atoms with Crippen LogP contribution in [0.2, 0.25) is 15.1 Å². The van der Waals surface area contributed by atoms with Crippen LogP contribution >= 0.6 is 34.8 Å². The van der Waals surface area contributed by atoms with Gasteiger partial charge in [0.15, 0.2) is 0 Å². The smallest absolute Gasteiger partial charge is 0.335 e.